The highest BCUT2D eigenvalue weighted by atomic mass is 79.9. The zero-order valence-electron chi connectivity index (χ0n) is 11.1. The summed E-state index contributed by atoms with van der Waals surface area (Å²) in [6, 6.07) is 5.50. The molecule has 1 heterocycles. The molecule has 0 aliphatic heterocycles. The number of benzene rings is 1. The summed E-state index contributed by atoms with van der Waals surface area (Å²) in [5, 5.41) is 7.51. The Hall–Kier alpha value is -0.920. The first-order valence-corrected chi connectivity index (χ1v) is 8.98. The zero-order chi connectivity index (χ0) is 15.1. The fraction of sp³-hybridized carbons (Fsp3) is 0.333. The summed E-state index contributed by atoms with van der Waals surface area (Å²) in [6.07, 6.45) is 0. The van der Waals surface area contributed by atoms with Gasteiger partial charge in [-0.2, -0.15) is 0 Å². The number of halogens is 2. The van der Waals surface area contributed by atoms with E-state index in [9.17, 15) is 8.42 Å². The van der Waals surface area contributed by atoms with E-state index in [-0.39, 0.29) is 11.2 Å². The molecule has 0 radical (unpaired) electrons. The Morgan fingerprint density at radius 1 is 1.30 bits per heavy atom. The van der Waals surface area contributed by atoms with Crippen molar-refractivity contribution >= 4 is 35.7 Å². The standard InChI is InChI=1S/C12H13BrClN3O2S/c1-7(2)17-11(15-16-12(17)20(14,18)19)9-5-4-6-10(13)8(9)3/h4-7H,1-3H3. The molecule has 0 bridgehead atoms. The average molecular weight is 379 g/mol. The molecule has 0 aliphatic rings. The molecular weight excluding hydrogens is 366 g/mol. The van der Waals surface area contributed by atoms with Crippen LogP contribution in [0.2, 0.25) is 0 Å². The summed E-state index contributed by atoms with van der Waals surface area (Å²) in [4.78, 5) is 0. The normalized spacial score (nSPS) is 12.1. The number of rotatable bonds is 3. The topological polar surface area (TPSA) is 64.8 Å². The highest BCUT2D eigenvalue weighted by molar-refractivity contribution is 9.10. The molecule has 0 aliphatic carbocycles. The molecule has 0 saturated heterocycles. The van der Waals surface area contributed by atoms with Crippen molar-refractivity contribution in [3.05, 3.63) is 28.2 Å². The van der Waals surface area contributed by atoms with Gasteiger partial charge in [0.05, 0.1) is 0 Å². The number of hydrogen-bond acceptors (Lipinski definition) is 4. The van der Waals surface area contributed by atoms with Crippen LogP contribution >= 0.6 is 26.6 Å². The van der Waals surface area contributed by atoms with Crippen molar-refractivity contribution in [3.8, 4) is 11.4 Å². The van der Waals surface area contributed by atoms with Crippen LogP contribution in [-0.4, -0.2) is 23.2 Å². The van der Waals surface area contributed by atoms with Gasteiger partial charge in [0.15, 0.2) is 5.82 Å². The van der Waals surface area contributed by atoms with E-state index in [4.69, 9.17) is 10.7 Å². The SMILES string of the molecule is Cc1c(Br)cccc1-c1nnc(S(=O)(=O)Cl)n1C(C)C. The van der Waals surface area contributed by atoms with E-state index < -0.39 is 9.05 Å². The van der Waals surface area contributed by atoms with E-state index in [1.165, 1.54) is 4.57 Å². The molecule has 0 atom stereocenters. The van der Waals surface area contributed by atoms with E-state index >= 15 is 0 Å². The molecule has 0 saturated carbocycles. The van der Waals surface area contributed by atoms with Gasteiger partial charge in [0.1, 0.15) is 0 Å². The van der Waals surface area contributed by atoms with Gasteiger partial charge in [0.25, 0.3) is 14.2 Å². The molecule has 108 valence electrons. The van der Waals surface area contributed by atoms with Crippen molar-refractivity contribution in [2.24, 2.45) is 0 Å². The van der Waals surface area contributed by atoms with Gasteiger partial charge >= 0.3 is 0 Å². The Bertz CT molecular complexity index is 756. The number of aromatic nitrogens is 3. The zero-order valence-corrected chi connectivity index (χ0v) is 14.3. The second kappa shape index (κ2) is 5.46. The molecule has 0 N–H and O–H groups in total. The Morgan fingerprint density at radius 2 is 1.95 bits per heavy atom. The number of nitrogens with zero attached hydrogens (tertiary/aromatic N) is 3. The molecular formula is C12H13BrClN3O2S. The summed E-state index contributed by atoms with van der Waals surface area (Å²) >= 11 is 3.45. The first-order valence-electron chi connectivity index (χ1n) is 5.88. The van der Waals surface area contributed by atoms with Gasteiger partial charge < -0.3 is 0 Å². The lowest BCUT2D eigenvalue weighted by Crippen LogP contribution is -2.10. The van der Waals surface area contributed by atoms with Crippen LogP contribution in [0.5, 0.6) is 0 Å². The first-order chi connectivity index (χ1) is 9.23. The van der Waals surface area contributed by atoms with Gasteiger partial charge in [-0.15, -0.1) is 10.2 Å². The maximum Gasteiger partial charge on any atom is 0.296 e. The van der Waals surface area contributed by atoms with Crippen LogP contribution < -0.4 is 0 Å². The minimum Gasteiger partial charge on any atom is -0.294 e. The highest BCUT2D eigenvalue weighted by Crippen LogP contribution is 2.31. The van der Waals surface area contributed by atoms with Gasteiger partial charge in [0, 0.05) is 26.8 Å². The van der Waals surface area contributed by atoms with E-state index in [0.717, 1.165) is 15.6 Å². The lowest BCUT2D eigenvalue weighted by molar-refractivity contribution is 0.530. The molecule has 2 aromatic rings. The fourth-order valence-corrected chi connectivity index (χ4v) is 3.29. The van der Waals surface area contributed by atoms with E-state index in [2.05, 4.69) is 26.1 Å². The van der Waals surface area contributed by atoms with Crippen molar-refractivity contribution in [1.29, 1.82) is 0 Å². The van der Waals surface area contributed by atoms with Crippen LogP contribution in [0.25, 0.3) is 11.4 Å². The molecule has 8 heteroatoms. The highest BCUT2D eigenvalue weighted by Gasteiger charge is 2.25. The predicted molar refractivity (Wildman–Crippen MR) is 81.3 cm³/mol. The summed E-state index contributed by atoms with van der Waals surface area (Å²) in [5.74, 6) is 0.484. The van der Waals surface area contributed by atoms with Gasteiger partial charge in [-0.1, -0.05) is 28.1 Å². The molecule has 5 nitrogen and oxygen atoms in total. The van der Waals surface area contributed by atoms with Crippen LogP contribution in [0.3, 0.4) is 0 Å². The third kappa shape index (κ3) is 2.75. The van der Waals surface area contributed by atoms with Crippen LogP contribution in [0.4, 0.5) is 0 Å². The molecule has 2 rings (SSSR count). The summed E-state index contributed by atoms with van der Waals surface area (Å²) < 4.78 is 25.6. The molecule has 0 spiro atoms. The maximum absolute atomic E-state index is 11.6. The van der Waals surface area contributed by atoms with Crippen molar-refractivity contribution in [1.82, 2.24) is 14.8 Å². The lowest BCUT2D eigenvalue weighted by atomic mass is 10.1. The van der Waals surface area contributed by atoms with Crippen molar-refractivity contribution in [3.63, 3.8) is 0 Å². The molecule has 20 heavy (non-hydrogen) atoms. The molecule has 0 fully saturated rings. The van der Waals surface area contributed by atoms with E-state index in [0.29, 0.717) is 5.82 Å². The lowest BCUT2D eigenvalue weighted by Gasteiger charge is -2.14. The Morgan fingerprint density at radius 3 is 2.50 bits per heavy atom. The Balaban J connectivity index is 2.76. The van der Waals surface area contributed by atoms with Gasteiger partial charge in [0.2, 0.25) is 0 Å². The smallest absolute Gasteiger partial charge is 0.294 e. The maximum atomic E-state index is 11.6. The monoisotopic (exact) mass is 377 g/mol. The van der Waals surface area contributed by atoms with Crippen molar-refractivity contribution in [2.45, 2.75) is 32.0 Å². The van der Waals surface area contributed by atoms with Crippen LogP contribution in [-0.2, 0) is 9.05 Å². The predicted octanol–water partition coefficient (Wildman–Crippen LogP) is 3.52. The van der Waals surface area contributed by atoms with E-state index in [1.54, 1.807) is 0 Å². The minimum absolute atomic E-state index is 0.137. The number of hydrogen-bond donors (Lipinski definition) is 0. The third-order valence-corrected chi connectivity index (χ3v) is 4.90. The molecule has 1 aromatic carbocycles. The third-order valence-electron chi connectivity index (χ3n) is 2.91. The van der Waals surface area contributed by atoms with Crippen molar-refractivity contribution in [2.75, 3.05) is 0 Å². The summed E-state index contributed by atoms with van der Waals surface area (Å²) in [6.45, 7) is 5.63. The van der Waals surface area contributed by atoms with Crippen LogP contribution in [0.15, 0.2) is 27.8 Å². The summed E-state index contributed by atoms with van der Waals surface area (Å²) in [7, 11) is 1.48. The Kier molecular flexibility index (Phi) is 4.22. The fourth-order valence-electron chi connectivity index (χ4n) is 1.94. The quantitative estimate of drug-likeness (QED) is 0.766. The molecule has 1 aromatic heterocycles. The van der Waals surface area contributed by atoms with Gasteiger partial charge in [-0.3, -0.25) is 4.57 Å². The second-order valence-electron chi connectivity index (χ2n) is 4.62. The largest absolute Gasteiger partial charge is 0.296 e. The average Bonchev–Trinajstić information content (AvgIpc) is 2.77. The first kappa shape index (κ1) is 15.5. The Labute approximate surface area is 130 Å². The minimum atomic E-state index is -3.94. The summed E-state index contributed by atoms with van der Waals surface area (Å²) in [5.41, 5.74) is 1.77. The second-order valence-corrected chi connectivity index (χ2v) is 7.93. The molecule has 0 amide bonds. The van der Waals surface area contributed by atoms with Gasteiger partial charge in [-0.05, 0) is 32.4 Å². The van der Waals surface area contributed by atoms with E-state index in [1.807, 2.05) is 39.0 Å². The van der Waals surface area contributed by atoms with Crippen LogP contribution in [0, 0.1) is 6.92 Å². The van der Waals surface area contributed by atoms with Gasteiger partial charge in [-0.25, -0.2) is 8.42 Å². The molecule has 0 unspecified atom stereocenters. The van der Waals surface area contributed by atoms with Crippen LogP contribution in [0.1, 0.15) is 25.5 Å². The van der Waals surface area contributed by atoms with Crippen molar-refractivity contribution < 1.29 is 8.42 Å².